The highest BCUT2D eigenvalue weighted by Crippen LogP contribution is 2.40. The van der Waals surface area contributed by atoms with Crippen molar-refractivity contribution in [2.75, 3.05) is 12.5 Å². The monoisotopic (exact) mass is 654 g/mol. The molecule has 0 spiro atoms. The van der Waals surface area contributed by atoms with Crippen molar-refractivity contribution in [1.82, 2.24) is 15.5 Å². The van der Waals surface area contributed by atoms with Crippen LogP contribution in [0.25, 0.3) is 0 Å². The molecule has 3 rings (SSSR count). The number of carbonyl (C=O) groups excluding carboxylic acids is 5. The van der Waals surface area contributed by atoms with Crippen LogP contribution in [0.2, 0.25) is 0 Å². The molecule has 0 bridgehead atoms. The number of esters is 1. The van der Waals surface area contributed by atoms with Gasteiger partial charge in [0.1, 0.15) is 11.8 Å². The molecule has 12 heteroatoms. The molecule has 4 N–H and O–H groups in total. The van der Waals surface area contributed by atoms with Crippen LogP contribution in [-0.2, 0) is 35.1 Å². The quantitative estimate of drug-likeness (QED) is 0.278. The lowest BCUT2D eigenvalue weighted by Crippen LogP contribution is -2.61. The number of carbonyl (C=O) groups is 5. The van der Waals surface area contributed by atoms with Gasteiger partial charge < -0.3 is 30.7 Å². The Morgan fingerprint density at radius 3 is 2.22 bits per heavy atom. The average Bonchev–Trinajstić information content (AvgIpc) is 3.28. The third-order valence-corrected chi connectivity index (χ3v) is 8.79. The molecule has 11 nitrogen and oxygen atoms in total. The van der Waals surface area contributed by atoms with Gasteiger partial charge in [-0.2, -0.15) is 0 Å². The molecular formula is C34H46N4O7S. The lowest BCUT2D eigenvalue weighted by atomic mass is 9.96. The Morgan fingerprint density at radius 1 is 1.00 bits per heavy atom. The van der Waals surface area contributed by atoms with Crippen molar-refractivity contribution in [2.45, 2.75) is 96.2 Å². The van der Waals surface area contributed by atoms with Gasteiger partial charge in [-0.25, -0.2) is 0 Å². The fourth-order valence-corrected chi connectivity index (χ4v) is 6.40. The number of nitrogens with zero attached hydrogens (tertiary/aromatic N) is 1. The van der Waals surface area contributed by atoms with Gasteiger partial charge in [0.05, 0.1) is 18.3 Å². The zero-order valence-corrected chi connectivity index (χ0v) is 28.5. The summed E-state index contributed by atoms with van der Waals surface area (Å²) >= 11 is 1.42. The average molecular weight is 655 g/mol. The number of amides is 4. The number of benzene rings is 2. The van der Waals surface area contributed by atoms with Gasteiger partial charge in [-0.15, -0.1) is 11.8 Å². The van der Waals surface area contributed by atoms with Gasteiger partial charge in [0.15, 0.2) is 6.61 Å². The van der Waals surface area contributed by atoms with E-state index in [2.05, 4.69) is 10.6 Å². The molecule has 250 valence electrons. The van der Waals surface area contributed by atoms with Crippen molar-refractivity contribution in [3.8, 4) is 5.75 Å². The zero-order chi connectivity index (χ0) is 34.2. The molecule has 1 heterocycles. The van der Waals surface area contributed by atoms with Crippen LogP contribution in [0.1, 0.15) is 64.2 Å². The van der Waals surface area contributed by atoms with Crippen LogP contribution in [0.15, 0.2) is 48.5 Å². The molecule has 46 heavy (non-hydrogen) atoms. The molecule has 0 unspecified atom stereocenters. The molecular weight excluding hydrogens is 608 g/mol. The van der Waals surface area contributed by atoms with E-state index >= 15 is 0 Å². The summed E-state index contributed by atoms with van der Waals surface area (Å²) in [5, 5.41) is 5.83. The van der Waals surface area contributed by atoms with Crippen LogP contribution in [0.3, 0.4) is 0 Å². The number of primary amides is 1. The summed E-state index contributed by atoms with van der Waals surface area (Å²) in [5.41, 5.74) is 7.18. The number of hydrogen-bond donors (Lipinski definition) is 3. The second kappa shape index (κ2) is 15.5. The number of rotatable bonds is 13. The third kappa shape index (κ3) is 10.2. The van der Waals surface area contributed by atoms with Gasteiger partial charge in [-0.1, -0.05) is 48.5 Å². The smallest absolute Gasteiger partial charge is 0.307 e. The highest BCUT2D eigenvalue weighted by atomic mass is 32.2. The van der Waals surface area contributed by atoms with E-state index in [1.165, 1.54) is 16.7 Å². The standard InChI is InChI=1S/C34H46N4O7S/c1-21-12-11-13-22(2)28(21)44-19-26(40)36-24(18-23-14-9-8-10-15-23)29(45-27(41)17-16-25(35)39)32(43)38-20-46-34(6,7)30(38)31(42)37-33(3,4)5/h8-15,24,29-30H,16-20H2,1-7H3,(H2,35,39)(H,36,40)(H,37,42)/t24-,29-,30+/m0/s1. The van der Waals surface area contributed by atoms with Crippen molar-refractivity contribution < 1.29 is 33.4 Å². The third-order valence-electron chi connectivity index (χ3n) is 7.42. The lowest BCUT2D eigenvalue weighted by molar-refractivity contribution is -0.164. The maximum absolute atomic E-state index is 14.5. The Kier molecular flexibility index (Phi) is 12.3. The van der Waals surface area contributed by atoms with Crippen molar-refractivity contribution in [2.24, 2.45) is 5.73 Å². The molecule has 0 aromatic heterocycles. The van der Waals surface area contributed by atoms with Crippen LogP contribution in [-0.4, -0.2) is 75.5 Å². The fourth-order valence-electron chi connectivity index (χ4n) is 5.26. The Bertz CT molecular complexity index is 1400. The Labute approximate surface area is 275 Å². The van der Waals surface area contributed by atoms with E-state index in [-0.39, 0.29) is 37.7 Å². The maximum atomic E-state index is 14.5. The summed E-state index contributed by atoms with van der Waals surface area (Å²) in [6.07, 6.45) is -2.03. The molecule has 1 saturated heterocycles. The lowest BCUT2D eigenvalue weighted by Gasteiger charge is -2.36. The predicted molar refractivity (Wildman–Crippen MR) is 177 cm³/mol. The Hall–Kier alpha value is -4.06. The first-order valence-corrected chi connectivity index (χ1v) is 16.2. The van der Waals surface area contributed by atoms with Crippen LogP contribution in [0.4, 0.5) is 0 Å². The van der Waals surface area contributed by atoms with Crippen LogP contribution < -0.4 is 21.1 Å². The molecule has 2 aromatic carbocycles. The number of hydrogen-bond acceptors (Lipinski definition) is 8. The van der Waals surface area contributed by atoms with Crippen LogP contribution >= 0.6 is 11.8 Å². The van der Waals surface area contributed by atoms with E-state index in [9.17, 15) is 24.0 Å². The Balaban J connectivity index is 1.98. The number of nitrogens with two attached hydrogens (primary N) is 1. The first kappa shape index (κ1) is 36.4. The number of para-hydroxylation sites is 1. The van der Waals surface area contributed by atoms with E-state index in [1.807, 2.05) is 97.0 Å². The summed E-state index contributed by atoms with van der Waals surface area (Å²) < 4.78 is 11.0. The van der Waals surface area contributed by atoms with Crippen LogP contribution in [0, 0.1) is 13.8 Å². The molecule has 0 radical (unpaired) electrons. The van der Waals surface area contributed by atoms with E-state index in [0.29, 0.717) is 5.75 Å². The minimum absolute atomic E-state index is 0.124. The SMILES string of the molecule is Cc1cccc(C)c1OCC(=O)N[C@@H](Cc1ccccc1)[C@H](OC(=O)CCC(N)=O)C(=O)N1CSC(C)(C)[C@H]1C(=O)NC(C)(C)C. The zero-order valence-electron chi connectivity index (χ0n) is 27.7. The van der Waals surface area contributed by atoms with E-state index in [1.54, 1.807) is 0 Å². The molecule has 0 aliphatic carbocycles. The molecule has 1 fully saturated rings. The van der Waals surface area contributed by atoms with Gasteiger partial charge in [0.25, 0.3) is 11.8 Å². The Morgan fingerprint density at radius 2 is 1.63 bits per heavy atom. The van der Waals surface area contributed by atoms with Crippen molar-refractivity contribution in [3.63, 3.8) is 0 Å². The number of ether oxygens (including phenoxy) is 2. The van der Waals surface area contributed by atoms with E-state index in [4.69, 9.17) is 15.2 Å². The second-order valence-corrected chi connectivity index (χ2v) is 14.7. The second-order valence-electron chi connectivity index (χ2n) is 13.1. The molecule has 4 amide bonds. The minimum Gasteiger partial charge on any atom is -0.483 e. The first-order valence-electron chi connectivity index (χ1n) is 15.2. The molecule has 1 aliphatic heterocycles. The van der Waals surface area contributed by atoms with Crippen molar-refractivity contribution in [1.29, 1.82) is 0 Å². The topological polar surface area (TPSA) is 157 Å². The highest BCUT2D eigenvalue weighted by molar-refractivity contribution is 8.00. The largest absolute Gasteiger partial charge is 0.483 e. The predicted octanol–water partition coefficient (Wildman–Crippen LogP) is 3.18. The number of thioether (sulfide) groups is 1. The highest BCUT2D eigenvalue weighted by Gasteiger charge is 2.51. The molecule has 2 aromatic rings. The fraction of sp³-hybridized carbons (Fsp3) is 0.500. The number of aryl methyl sites for hydroxylation is 2. The minimum atomic E-state index is -1.52. The summed E-state index contributed by atoms with van der Waals surface area (Å²) in [7, 11) is 0. The normalized spacial score (nSPS) is 17.0. The summed E-state index contributed by atoms with van der Waals surface area (Å²) in [6.45, 7) is 12.7. The molecule has 3 atom stereocenters. The van der Waals surface area contributed by atoms with E-state index in [0.717, 1.165) is 16.7 Å². The molecule has 0 saturated carbocycles. The van der Waals surface area contributed by atoms with Crippen LogP contribution in [0.5, 0.6) is 5.75 Å². The van der Waals surface area contributed by atoms with Gasteiger partial charge in [-0.05, 0) is 71.6 Å². The van der Waals surface area contributed by atoms with Gasteiger partial charge >= 0.3 is 5.97 Å². The molecule has 1 aliphatic rings. The number of nitrogens with one attached hydrogen (secondary N) is 2. The first-order chi connectivity index (χ1) is 21.5. The summed E-state index contributed by atoms with van der Waals surface area (Å²) in [6, 6.07) is 12.8. The van der Waals surface area contributed by atoms with E-state index < -0.39 is 52.2 Å². The van der Waals surface area contributed by atoms with Gasteiger partial charge in [-0.3, -0.25) is 24.0 Å². The maximum Gasteiger partial charge on any atom is 0.307 e. The van der Waals surface area contributed by atoms with Crippen molar-refractivity contribution >= 4 is 41.4 Å². The van der Waals surface area contributed by atoms with Gasteiger partial charge in [0, 0.05) is 16.7 Å². The van der Waals surface area contributed by atoms with Gasteiger partial charge in [0.2, 0.25) is 17.9 Å². The summed E-state index contributed by atoms with van der Waals surface area (Å²) in [5.74, 6) is -2.33. The van der Waals surface area contributed by atoms with Crippen molar-refractivity contribution in [3.05, 3.63) is 65.2 Å². The summed E-state index contributed by atoms with van der Waals surface area (Å²) in [4.78, 5) is 67.2.